The second-order valence-corrected chi connectivity index (χ2v) is 13.3. The van der Waals surface area contributed by atoms with E-state index < -0.39 is 0 Å². The van der Waals surface area contributed by atoms with E-state index in [4.69, 9.17) is 9.41 Å². The third kappa shape index (κ3) is 5.34. The van der Waals surface area contributed by atoms with Crippen LogP contribution in [0.3, 0.4) is 0 Å². The molecule has 0 saturated heterocycles. The van der Waals surface area contributed by atoms with E-state index in [0.717, 1.165) is 55.6 Å². The van der Waals surface area contributed by atoms with Gasteiger partial charge in [0.2, 0.25) is 0 Å². The van der Waals surface area contributed by atoms with Crippen molar-refractivity contribution in [1.82, 2.24) is 10.6 Å². The van der Waals surface area contributed by atoms with Gasteiger partial charge in [0.05, 0.1) is 0 Å². The molecule has 1 aliphatic heterocycles. The monoisotopic (exact) mass is 655 g/mol. The lowest BCUT2D eigenvalue weighted by molar-refractivity contribution is 0.410. The van der Waals surface area contributed by atoms with Crippen molar-refractivity contribution in [3.8, 4) is 22.3 Å². The van der Waals surface area contributed by atoms with Crippen LogP contribution in [-0.2, 0) is 0 Å². The minimum absolute atomic E-state index is 0.186. The zero-order chi connectivity index (χ0) is 33.7. The molecule has 2 heterocycles. The van der Waals surface area contributed by atoms with E-state index in [2.05, 4.69) is 174 Å². The first-order valence-corrected chi connectivity index (χ1v) is 17.4. The van der Waals surface area contributed by atoms with E-state index in [-0.39, 0.29) is 12.3 Å². The summed E-state index contributed by atoms with van der Waals surface area (Å²) in [5.74, 6) is 0.872. The van der Waals surface area contributed by atoms with Crippen molar-refractivity contribution < 1.29 is 4.42 Å². The molecule has 0 amide bonds. The zero-order valence-corrected chi connectivity index (χ0v) is 27.8. The summed E-state index contributed by atoms with van der Waals surface area (Å²) in [5, 5.41) is 14.7. The van der Waals surface area contributed by atoms with E-state index >= 15 is 0 Å². The quantitative estimate of drug-likeness (QED) is 0.194. The lowest BCUT2D eigenvalue weighted by Gasteiger charge is -2.33. The van der Waals surface area contributed by atoms with Gasteiger partial charge in [0.25, 0.3) is 0 Å². The minimum Gasteiger partial charge on any atom is -0.456 e. The van der Waals surface area contributed by atoms with Crippen molar-refractivity contribution >= 4 is 49.3 Å². The highest BCUT2D eigenvalue weighted by Gasteiger charge is 2.27. The summed E-state index contributed by atoms with van der Waals surface area (Å²) in [7, 11) is 0. The van der Waals surface area contributed by atoms with Crippen molar-refractivity contribution in [2.45, 2.75) is 12.3 Å². The normalized spacial score (nSPS) is 16.0. The molecule has 1 aliphatic rings. The largest absolute Gasteiger partial charge is 0.456 e. The van der Waals surface area contributed by atoms with Crippen LogP contribution in [-0.4, -0.2) is 5.84 Å². The van der Waals surface area contributed by atoms with Crippen LogP contribution in [0, 0.1) is 0 Å². The lowest BCUT2D eigenvalue weighted by Crippen LogP contribution is -2.45. The molecule has 4 nitrogen and oxygen atoms in total. The van der Waals surface area contributed by atoms with Gasteiger partial charge in [0.15, 0.2) is 0 Å². The summed E-state index contributed by atoms with van der Waals surface area (Å²) >= 11 is 0. The van der Waals surface area contributed by atoms with Crippen LogP contribution in [0.5, 0.6) is 0 Å². The smallest absolute Gasteiger partial charge is 0.136 e. The molecule has 10 rings (SSSR count). The molecule has 8 aromatic carbocycles. The van der Waals surface area contributed by atoms with Crippen molar-refractivity contribution in [3.05, 3.63) is 193 Å². The number of hydrogen-bond acceptors (Lipinski definition) is 4. The van der Waals surface area contributed by atoms with E-state index in [1.165, 1.54) is 32.7 Å². The summed E-state index contributed by atoms with van der Waals surface area (Å²) in [6, 6.07) is 62.4. The SMILES string of the molecule is c1ccc(C2=NC(c3ccccc3)NC(c3cc4ccccc4cc3-c3ccc(-c4ccc5c(c4)oc4cc6ccccc6cc45)cc3)N2)cc1. The topological polar surface area (TPSA) is 49.6 Å². The van der Waals surface area contributed by atoms with E-state index in [0.29, 0.717) is 0 Å². The Kier molecular flexibility index (Phi) is 7.00. The first kappa shape index (κ1) is 29.4. The molecule has 0 aliphatic carbocycles. The molecule has 2 unspecified atom stereocenters. The van der Waals surface area contributed by atoms with Crippen LogP contribution in [0.15, 0.2) is 185 Å². The molecule has 242 valence electrons. The highest BCUT2D eigenvalue weighted by Crippen LogP contribution is 2.38. The second-order valence-electron chi connectivity index (χ2n) is 13.3. The number of nitrogens with zero attached hydrogens (tertiary/aromatic N) is 1. The highest BCUT2D eigenvalue weighted by atomic mass is 16.3. The third-order valence-corrected chi connectivity index (χ3v) is 10.1. The van der Waals surface area contributed by atoms with Crippen LogP contribution in [0.4, 0.5) is 0 Å². The Labute approximate surface area is 295 Å². The van der Waals surface area contributed by atoms with Gasteiger partial charge < -0.3 is 9.73 Å². The summed E-state index contributed by atoms with van der Waals surface area (Å²) in [5.41, 5.74) is 9.77. The summed E-state index contributed by atoms with van der Waals surface area (Å²) in [4.78, 5) is 5.14. The Morgan fingerprint density at radius 3 is 1.78 bits per heavy atom. The zero-order valence-electron chi connectivity index (χ0n) is 27.8. The first-order valence-electron chi connectivity index (χ1n) is 17.4. The molecular formula is C47H33N3O. The van der Waals surface area contributed by atoms with Gasteiger partial charge in [-0.15, -0.1) is 0 Å². The number of rotatable bonds is 5. The third-order valence-electron chi connectivity index (χ3n) is 10.1. The Morgan fingerprint density at radius 1 is 0.451 bits per heavy atom. The molecule has 0 spiro atoms. The Bertz CT molecular complexity index is 2750. The average molecular weight is 656 g/mol. The molecule has 1 aromatic heterocycles. The fourth-order valence-corrected chi connectivity index (χ4v) is 7.50. The van der Waals surface area contributed by atoms with Gasteiger partial charge in [-0.2, -0.15) is 0 Å². The molecule has 51 heavy (non-hydrogen) atoms. The summed E-state index contributed by atoms with van der Waals surface area (Å²) in [6.45, 7) is 0. The van der Waals surface area contributed by atoms with Crippen LogP contribution in [0.1, 0.15) is 29.0 Å². The number of amidine groups is 1. The molecular weight excluding hydrogens is 623 g/mol. The molecule has 0 bridgehead atoms. The lowest BCUT2D eigenvalue weighted by atomic mass is 9.92. The van der Waals surface area contributed by atoms with Crippen LogP contribution in [0.25, 0.3) is 65.7 Å². The van der Waals surface area contributed by atoms with Gasteiger partial charge in [0.1, 0.15) is 29.3 Å². The number of furan rings is 1. The Balaban J connectivity index is 1.04. The number of fused-ring (bicyclic) bond motifs is 5. The van der Waals surface area contributed by atoms with E-state index in [1.54, 1.807) is 0 Å². The highest BCUT2D eigenvalue weighted by molar-refractivity contribution is 6.10. The maximum Gasteiger partial charge on any atom is 0.136 e. The van der Waals surface area contributed by atoms with Gasteiger partial charge in [-0.3, -0.25) is 5.32 Å². The van der Waals surface area contributed by atoms with Gasteiger partial charge in [-0.05, 0) is 91.3 Å². The summed E-state index contributed by atoms with van der Waals surface area (Å²) < 4.78 is 6.40. The maximum absolute atomic E-state index is 6.40. The molecule has 9 aromatic rings. The standard InChI is InChI=1S/C47H33N3O/c1-3-11-32(12-4-1)45-48-46(33-13-5-2-6-14-33)50-47(49-45)42-27-36-17-8-7-15-34(36)25-40(42)31-21-19-30(20-22-31)38-23-24-39-41-26-35-16-9-10-18-37(35)28-44(41)51-43(39)29-38/h1-29,45,47,49H,(H,48,50). The van der Waals surface area contributed by atoms with Gasteiger partial charge in [0, 0.05) is 16.3 Å². The van der Waals surface area contributed by atoms with Gasteiger partial charge in [-0.25, -0.2) is 4.99 Å². The molecule has 4 heteroatoms. The van der Waals surface area contributed by atoms with Crippen LogP contribution in [0.2, 0.25) is 0 Å². The molecule has 2 N–H and O–H groups in total. The average Bonchev–Trinajstić information content (AvgIpc) is 3.56. The van der Waals surface area contributed by atoms with Crippen molar-refractivity contribution in [1.29, 1.82) is 0 Å². The predicted octanol–water partition coefficient (Wildman–Crippen LogP) is 11.6. The fourth-order valence-electron chi connectivity index (χ4n) is 7.50. The van der Waals surface area contributed by atoms with E-state index in [1.807, 2.05) is 12.1 Å². The van der Waals surface area contributed by atoms with Crippen molar-refractivity contribution in [2.24, 2.45) is 4.99 Å². The maximum atomic E-state index is 6.40. The molecule has 2 atom stereocenters. The minimum atomic E-state index is -0.207. The second kappa shape index (κ2) is 12.1. The molecule has 0 fully saturated rings. The number of benzene rings is 8. The van der Waals surface area contributed by atoms with Gasteiger partial charge in [-0.1, -0.05) is 140 Å². The first-order chi connectivity index (χ1) is 25.2. The Morgan fingerprint density at radius 2 is 1.04 bits per heavy atom. The molecule has 0 saturated carbocycles. The fraction of sp³-hybridized carbons (Fsp3) is 0.0426. The number of hydrogen-bond donors (Lipinski definition) is 2. The number of aliphatic imine (C=N–C) groups is 1. The molecule has 0 radical (unpaired) electrons. The number of nitrogens with one attached hydrogen (secondary N) is 2. The van der Waals surface area contributed by atoms with Crippen LogP contribution >= 0.6 is 0 Å². The van der Waals surface area contributed by atoms with Crippen molar-refractivity contribution in [2.75, 3.05) is 0 Å². The van der Waals surface area contributed by atoms with Gasteiger partial charge >= 0.3 is 0 Å². The van der Waals surface area contributed by atoms with Crippen molar-refractivity contribution in [3.63, 3.8) is 0 Å². The van der Waals surface area contributed by atoms with E-state index in [9.17, 15) is 0 Å². The Hall–Kier alpha value is -6.49. The van der Waals surface area contributed by atoms with Crippen LogP contribution < -0.4 is 10.6 Å². The summed E-state index contributed by atoms with van der Waals surface area (Å²) in [6.07, 6.45) is -0.393. The predicted molar refractivity (Wildman–Crippen MR) is 211 cm³/mol.